The van der Waals surface area contributed by atoms with E-state index in [9.17, 15) is 0 Å². The highest BCUT2D eigenvalue weighted by molar-refractivity contribution is 6.04. The van der Waals surface area contributed by atoms with E-state index in [2.05, 4.69) is 51.8 Å². The van der Waals surface area contributed by atoms with Gasteiger partial charge < -0.3 is 9.88 Å². The minimum absolute atomic E-state index is 0.884. The van der Waals surface area contributed by atoms with E-state index in [1.807, 2.05) is 6.07 Å². The van der Waals surface area contributed by atoms with Crippen molar-refractivity contribution in [2.45, 2.75) is 13.5 Å². The number of hydrogen-bond acceptors (Lipinski definition) is 2. The lowest BCUT2D eigenvalue weighted by Crippen LogP contribution is -2.23. The summed E-state index contributed by atoms with van der Waals surface area (Å²) in [6, 6.07) is 8.33. The molecule has 1 aromatic carbocycles. The molecule has 3 heterocycles. The smallest absolute Gasteiger partial charge is 0.212 e. The summed E-state index contributed by atoms with van der Waals surface area (Å²) in [4.78, 5) is 10.4. The minimum Gasteiger partial charge on any atom is -0.339 e. The number of nitrogens with one attached hydrogen (secondary N) is 1. The van der Waals surface area contributed by atoms with E-state index in [4.69, 9.17) is 4.98 Å². The van der Waals surface area contributed by atoms with Crippen molar-refractivity contribution < 1.29 is 0 Å². The van der Waals surface area contributed by atoms with E-state index in [1.165, 1.54) is 5.39 Å². The molecule has 4 nitrogen and oxygen atoms in total. The van der Waals surface area contributed by atoms with Gasteiger partial charge in [0.2, 0.25) is 5.95 Å². The highest BCUT2D eigenvalue weighted by atomic mass is 15.3. The van der Waals surface area contributed by atoms with Gasteiger partial charge in [0.1, 0.15) is 11.2 Å². The zero-order chi connectivity index (χ0) is 12.1. The van der Waals surface area contributed by atoms with Gasteiger partial charge in [-0.2, -0.15) is 0 Å². The van der Waals surface area contributed by atoms with Gasteiger partial charge in [0.05, 0.1) is 0 Å². The average Bonchev–Trinajstić information content (AvgIpc) is 2.94. The van der Waals surface area contributed by atoms with Crippen LogP contribution in [0.3, 0.4) is 0 Å². The fourth-order valence-corrected chi connectivity index (χ4v) is 2.67. The van der Waals surface area contributed by atoms with Crippen molar-refractivity contribution in [3.05, 3.63) is 36.5 Å². The molecule has 0 amide bonds. The van der Waals surface area contributed by atoms with Crippen LogP contribution in [0, 0.1) is 0 Å². The topological polar surface area (TPSA) is 36.9 Å². The Morgan fingerprint density at radius 1 is 1.33 bits per heavy atom. The summed E-state index contributed by atoms with van der Waals surface area (Å²) in [5.41, 5.74) is 3.35. The number of imidazole rings is 1. The van der Waals surface area contributed by atoms with Crippen LogP contribution < -0.4 is 4.90 Å². The molecular weight excluding hydrogens is 224 g/mol. The van der Waals surface area contributed by atoms with E-state index < -0.39 is 0 Å². The van der Waals surface area contributed by atoms with Crippen LogP contribution in [0.2, 0.25) is 0 Å². The molecule has 2 aromatic heterocycles. The molecule has 0 spiro atoms. The number of aromatic amines is 1. The number of H-pyrrole nitrogens is 1. The summed E-state index contributed by atoms with van der Waals surface area (Å²) >= 11 is 0. The van der Waals surface area contributed by atoms with Crippen molar-refractivity contribution in [1.82, 2.24) is 14.5 Å². The molecule has 0 atom stereocenters. The predicted molar refractivity (Wildman–Crippen MR) is 73.7 cm³/mol. The number of allylic oxidation sites excluding steroid dienone is 1. The van der Waals surface area contributed by atoms with Gasteiger partial charge in [0.25, 0.3) is 0 Å². The van der Waals surface area contributed by atoms with Gasteiger partial charge >= 0.3 is 0 Å². The van der Waals surface area contributed by atoms with Crippen molar-refractivity contribution in [1.29, 1.82) is 0 Å². The van der Waals surface area contributed by atoms with Gasteiger partial charge in [0.15, 0.2) is 0 Å². The SMILES string of the molecule is CCN1C=CCn2c1nc1c3ccccc3[nH]c12. The largest absolute Gasteiger partial charge is 0.339 e. The Bertz CT molecular complexity index is 763. The molecule has 1 aliphatic heterocycles. The Balaban J connectivity index is 2.08. The number of anilines is 1. The minimum atomic E-state index is 0.884. The molecule has 0 fully saturated rings. The number of rotatable bonds is 1. The maximum absolute atomic E-state index is 4.80. The van der Waals surface area contributed by atoms with Gasteiger partial charge in [-0.25, -0.2) is 4.98 Å². The van der Waals surface area contributed by atoms with Crippen LogP contribution in [0.4, 0.5) is 5.95 Å². The molecule has 4 heteroatoms. The first-order valence-electron chi connectivity index (χ1n) is 6.28. The van der Waals surface area contributed by atoms with E-state index in [1.54, 1.807) is 0 Å². The van der Waals surface area contributed by atoms with Crippen LogP contribution >= 0.6 is 0 Å². The molecule has 0 saturated heterocycles. The van der Waals surface area contributed by atoms with Gasteiger partial charge in [-0.1, -0.05) is 18.2 Å². The number of benzene rings is 1. The van der Waals surface area contributed by atoms with Crippen molar-refractivity contribution in [3.63, 3.8) is 0 Å². The second-order valence-electron chi connectivity index (χ2n) is 4.56. The lowest BCUT2D eigenvalue weighted by Gasteiger charge is -2.22. The van der Waals surface area contributed by atoms with E-state index >= 15 is 0 Å². The number of nitrogens with zero attached hydrogens (tertiary/aromatic N) is 3. The van der Waals surface area contributed by atoms with Gasteiger partial charge in [0, 0.05) is 30.2 Å². The first-order valence-corrected chi connectivity index (χ1v) is 6.28. The Morgan fingerprint density at radius 3 is 3.11 bits per heavy atom. The summed E-state index contributed by atoms with van der Waals surface area (Å²) in [6.45, 7) is 3.96. The maximum Gasteiger partial charge on any atom is 0.212 e. The van der Waals surface area contributed by atoms with Crippen LogP contribution in [0.15, 0.2) is 36.5 Å². The van der Waals surface area contributed by atoms with Crippen LogP contribution in [0.25, 0.3) is 22.1 Å². The zero-order valence-electron chi connectivity index (χ0n) is 10.2. The molecule has 0 radical (unpaired) electrons. The monoisotopic (exact) mass is 238 g/mol. The molecule has 4 rings (SSSR count). The highest BCUT2D eigenvalue weighted by Crippen LogP contribution is 2.30. The Hall–Kier alpha value is -2.23. The third-order valence-corrected chi connectivity index (χ3v) is 3.55. The van der Waals surface area contributed by atoms with Gasteiger partial charge in [-0.05, 0) is 19.1 Å². The fraction of sp³-hybridized carbons (Fsp3) is 0.214. The quantitative estimate of drug-likeness (QED) is 0.707. The molecule has 3 aromatic rings. The number of aromatic nitrogens is 3. The molecule has 0 bridgehead atoms. The van der Waals surface area contributed by atoms with Crippen LogP contribution in [0.5, 0.6) is 0 Å². The average molecular weight is 238 g/mol. The molecule has 90 valence electrons. The summed E-state index contributed by atoms with van der Waals surface area (Å²) in [6.07, 6.45) is 4.28. The standard InChI is InChI=1S/C14H14N4/c1-2-17-8-5-9-18-13-12(16-14(17)18)10-6-3-4-7-11(10)15-13/h3-8,15H,2,9H2,1H3. The summed E-state index contributed by atoms with van der Waals surface area (Å²) in [7, 11) is 0. The molecule has 0 aliphatic carbocycles. The van der Waals surface area contributed by atoms with Crippen molar-refractivity contribution in [3.8, 4) is 0 Å². The van der Waals surface area contributed by atoms with Gasteiger partial charge in [-0.3, -0.25) is 4.57 Å². The lowest BCUT2D eigenvalue weighted by atomic mass is 10.2. The summed E-state index contributed by atoms with van der Waals surface area (Å²) in [5.74, 6) is 1.03. The Kier molecular flexibility index (Phi) is 1.84. The molecule has 1 aliphatic rings. The normalized spacial score (nSPS) is 14.6. The van der Waals surface area contributed by atoms with Crippen molar-refractivity contribution >= 4 is 28.0 Å². The summed E-state index contributed by atoms with van der Waals surface area (Å²) in [5, 5.41) is 1.20. The Morgan fingerprint density at radius 2 is 2.22 bits per heavy atom. The van der Waals surface area contributed by atoms with Gasteiger partial charge in [-0.15, -0.1) is 0 Å². The van der Waals surface area contributed by atoms with Crippen molar-refractivity contribution in [2.24, 2.45) is 0 Å². The number of fused-ring (bicyclic) bond motifs is 5. The number of para-hydroxylation sites is 1. The summed E-state index contributed by atoms with van der Waals surface area (Å²) < 4.78 is 2.23. The van der Waals surface area contributed by atoms with E-state index in [-0.39, 0.29) is 0 Å². The third-order valence-electron chi connectivity index (χ3n) is 3.55. The molecule has 18 heavy (non-hydrogen) atoms. The molecular formula is C14H14N4. The van der Waals surface area contributed by atoms with Crippen LogP contribution in [0.1, 0.15) is 6.92 Å². The lowest BCUT2D eigenvalue weighted by molar-refractivity contribution is 0.770. The Labute approximate surface area is 105 Å². The second-order valence-corrected chi connectivity index (χ2v) is 4.56. The van der Waals surface area contributed by atoms with Crippen molar-refractivity contribution in [2.75, 3.05) is 11.4 Å². The van der Waals surface area contributed by atoms with E-state index in [0.717, 1.165) is 35.7 Å². The van der Waals surface area contributed by atoms with Crippen LogP contribution in [-0.2, 0) is 6.54 Å². The molecule has 1 N–H and O–H groups in total. The fourth-order valence-electron chi connectivity index (χ4n) is 2.67. The third kappa shape index (κ3) is 1.12. The van der Waals surface area contributed by atoms with Crippen LogP contribution in [-0.4, -0.2) is 21.1 Å². The molecule has 0 unspecified atom stereocenters. The first kappa shape index (κ1) is 9.76. The van der Waals surface area contributed by atoms with E-state index in [0.29, 0.717) is 0 Å². The first-order chi connectivity index (χ1) is 8.88. The second kappa shape index (κ2) is 3.38. The predicted octanol–water partition coefficient (Wildman–Crippen LogP) is 2.87. The maximum atomic E-state index is 4.80. The zero-order valence-corrected chi connectivity index (χ0v) is 10.2. The number of hydrogen-bond donors (Lipinski definition) is 1. The molecule has 0 saturated carbocycles. The highest BCUT2D eigenvalue weighted by Gasteiger charge is 2.19.